The second kappa shape index (κ2) is 10.1. The summed E-state index contributed by atoms with van der Waals surface area (Å²) in [4.78, 5) is 55.9. The molecular weight excluding hydrogens is 458 g/mol. The zero-order valence-electron chi connectivity index (χ0n) is 19.4. The maximum atomic E-state index is 13.3. The summed E-state index contributed by atoms with van der Waals surface area (Å²) in [5.41, 5.74) is 4.41. The first-order valence-corrected chi connectivity index (χ1v) is 11.7. The second-order valence-corrected chi connectivity index (χ2v) is 8.91. The monoisotopic (exact) mass is 483 g/mol. The molecule has 2 unspecified atom stereocenters. The molecule has 2 aliphatic rings. The van der Waals surface area contributed by atoms with Crippen molar-refractivity contribution in [2.75, 3.05) is 5.32 Å². The van der Waals surface area contributed by atoms with E-state index in [4.69, 9.17) is 0 Å². The van der Waals surface area contributed by atoms with Crippen molar-refractivity contribution < 1.29 is 19.2 Å². The molecule has 3 N–H and O–H groups in total. The molecule has 2 aliphatic heterocycles. The fourth-order valence-corrected chi connectivity index (χ4v) is 4.78. The van der Waals surface area contributed by atoms with Crippen LogP contribution in [0.15, 0.2) is 73.1 Å². The average Bonchev–Trinajstić information content (AvgIpc) is 3.25. The molecule has 36 heavy (non-hydrogen) atoms. The number of anilines is 1. The van der Waals surface area contributed by atoms with Gasteiger partial charge >= 0.3 is 6.03 Å². The number of nitrogens with zero attached hydrogens (tertiary/aromatic N) is 2. The Balaban J connectivity index is 1.26. The summed E-state index contributed by atoms with van der Waals surface area (Å²) in [6.07, 6.45) is 4.76. The minimum absolute atomic E-state index is 0.204. The van der Waals surface area contributed by atoms with Gasteiger partial charge in [0, 0.05) is 31.0 Å². The third-order valence-corrected chi connectivity index (χ3v) is 6.50. The number of pyridine rings is 1. The lowest BCUT2D eigenvalue weighted by Crippen LogP contribution is -2.54. The Morgan fingerprint density at radius 2 is 1.69 bits per heavy atom. The van der Waals surface area contributed by atoms with Gasteiger partial charge in [0.15, 0.2) is 0 Å². The first-order chi connectivity index (χ1) is 17.5. The predicted molar refractivity (Wildman–Crippen MR) is 132 cm³/mol. The summed E-state index contributed by atoms with van der Waals surface area (Å²) in [5, 5.41) is 7.47. The number of nitrogens with one attached hydrogen (secondary N) is 3. The Morgan fingerprint density at radius 1 is 0.972 bits per heavy atom. The number of benzene rings is 2. The van der Waals surface area contributed by atoms with Crippen molar-refractivity contribution >= 4 is 29.4 Å². The highest BCUT2D eigenvalue weighted by atomic mass is 16.2. The van der Waals surface area contributed by atoms with E-state index in [1.54, 1.807) is 29.4 Å². The van der Waals surface area contributed by atoms with Gasteiger partial charge in [-0.25, -0.2) is 4.79 Å². The SMILES string of the molecule is O=C1CCC(N2Cc3ccccc3C2C(=O)NC(=O)Nc2ccc(Cc3ccncc3)cc2)C(=O)N1. The zero-order valence-corrected chi connectivity index (χ0v) is 19.4. The summed E-state index contributed by atoms with van der Waals surface area (Å²) in [5.74, 6) is -1.27. The maximum Gasteiger partial charge on any atom is 0.325 e. The van der Waals surface area contributed by atoms with Crippen LogP contribution >= 0.6 is 0 Å². The Bertz CT molecular complexity index is 1310. The third kappa shape index (κ3) is 5.01. The van der Waals surface area contributed by atoms with E-state index in [0.717, 1.165) is 28.7 Å². The van der Waals surface area contributed by atoms with Crippen molar-refractivity contribution in [3.8, 4) is 0 Å². The number of carbonyl (C=O) groups is 4. The normalized spacial score (nSPS) is 19.3. The average molecular weight is 484 g/mol. The Labute approximate surface area is 207 Å². The Morgan fingerprint density at radius 3 is 2.44 bits per heavy atom. The van der Waals surface area contributed by atoms with Crippen molar-refractivity contribution in [1.29, 1.82) is 0 Å². The topological polar surface area (TPSA) is 120 Å². The first-order valence-electron chi connectivity index (χ1n) is 11.7. The largest absolute Gasteiger partial charge is 0.325 e. The molecule has 1 saturated heterocycles. The molecule has 5 rings (SSSR count). The summed E-state index contributed by atoms with van der Waals surface area (Å²) in [7, 11) is 0. The van der Waals surface area contributed by atoms with Crippen LogP contribution in [0, 0.1) is 0 Å². The molecule has 9 heteroatoms. The van der Waals surface area contributed by atoms with Crippen LogP contribution in [-0.2, 0) is 27.3 Å². The van der Waals surface area contributed by atoms with E-state index in [1.807, 2.05) is 48.5 Å². The lowest BCUT2D eigenvalue weighted by molar-refractivity contribution is -0.139. The Kier molecular flexibility index (Phi) is 6.55. The van der Waals surface area contributed by atoms with Crippen molar-refractivity contribution in [2.24, 2.45) is 0 Å². The van der Waals surface area contributed by atoms with E-state index in [0.29, 0.717) is 18.7 Å². The van der Waals surface area contributed by atoms with Gasteiger partial charge in [0.2, 0.25) is 17.7 Å². The molecule has 2 aromatic carbocycles. The molecule has 9 nitrogen and oxygen atoms in total. The number of urea groups is 1. The number of aromatic nitrogens is 1. The minimum Gasteiger partial charge on any atom is -0.308 e. The van der Waals surface area contributed by atoms with Crippen LogP contribution in [-0.4, -0.2) is 39.7 Å². The highest BCUT2D eigenvalue weighted by Crippen LogP contribution is 2.37. The molecule has 2 atom stereocenters. The fraction of sp³-hybridized carbons (Fsp3) is 0.222. The first kappa shape index (κ1) is 23.4. The third-order valence-electron chi connectivity index (χ3n) is 6.50. The van der Waals surface area contributed by atoms with Crippen molar-refractivity contribution in [3.63, 3.8) is 0 Å². The number of rotatable bonds is 5. The molecule has 0 saturated carbocycles. The molecule has 182 valence electrons. The van der Waals surface area contributed by atoms with E-state index in [9.17, 15) is 19.2 Å². The predicted octanol–water partition coefficient (Wildman–Crippen LogP) is 2.68. The van der Waals surface area contributed by atoms with Gasteiger partial charge < -0.3 is 5.32 Å². The number of amides is 5. The lowest BCUT2D eigenvalue weighted by atomic mass is 10.0. The standard InChI is InChI=1S/C27H25N5O4/c33-23-10-9-22(25(34)30-23)32-16-19-3-1-2-4-21(19)24(32)26(35)31-27(36)29-20-7-5-17(6-8-20)15-18-11-13-28-14-12-18/h1-8,11-14,22,24H,9-10,15-16H2,(H,30,33,34)(H2,29,31,35,36). The molecule has 5 amide bonds. The van der Waals surface area contributed by atoms with Gasteiger partial charge in [-0.3, -0.25) is 34.9 Å². The van der Waals surface area contributed by atoms with E-state index in [1.165, 1.54) is 0 Å². The van der Waals surface area contributed by atoms with Crippen LogP contribution in [0.5, 0.6) is 0 Å². The van der Waals surface area contributed by atoms with Crippen LogP contribution < -0.4 is 16.0 Å². The van der Waals surface area contributed by atoms with Gasteiger partial charge in [-0.2, -0.15) is 0 Å². The summed E-state index contributed by atoms with van der Waals surface area (Å²) < 4.78 is 0. The van der Waals surface area contributed by atoms with Crippen molar-refractivity contribution in [1.82, 2.24) is 20.5 Å². The summed E-state index contributed by atoms with van der Waals surface area (Å²) >= 11 is 0. The minimum atomic E-state index is -0.821. The number of piperidine rings is 1. The maximum absolute atomic E-state index is 13.3. The van der Waals surface area contributed by atoms with Crippen LogP contribution in [0.4, 0.5) is 10.5 Å². The van der Waals surface area contributed by atoms with Gasteiger partial charge in [0.1, 0.15) is 6.04 Å². The van der Waals surface area contributed by atoms with E-state index < -0.39 is 29.9 Å². The number of hydrogen-bond donors (Lipinski definition) is 3. The molecule has 0 bridgehead atoms. The van der Waals surface area contributed by atoms with Crippen molar-refractivity contribution in [2.45, 2.75) is 37.9 Å². The molecule has 0 aliphatic carbocycles. The lowest BCUT2D eigenvalue weighted by Gasteiger charge is -2.33. The molecule has 0 spiro atoms. The summed E-state index contributed by atoms with van der Waals surface area (Å²) in [6.45, 7) is 0.376. The number of fused-ring (bicyclic) bond motifs is 1. The van der Waals surface area contributed by atoms with Gasteiger partial charge in [0.25, 0.3) is 0 Å². The highest BCUT2D eigenvalue weighted by molar-refractivity contribution is 6.04. The van der Waals surface area contributed by atoms with Crippen molar-refractivity contribution in [3.05, 3.63) is 95.3 Å². The van der Waals surface area contributed by atoms with Gasteiger partial charge in [-0.05, 0) is 59.4 Å². The van der Waals surface area contributed by atoms with Gasteiger partial charge in [-0.15, -0.1) is 0 Å². The van der Waals surface area contributed by atoms with Crippen LogP contribution in [0.25, 0.3) is 0 Å². The highest BCUT2D eigenvalue weighted by Gasteiger charge is 2.43. The smallest absolute Gasteiger partial charge is 0.308 e. The van der Waals surface area contributed by atoms with Crippen LogP contribution in [0.2, 0.25) is 0 Å². The number of carbonyl (C=O) groups excluding carboxylic acids is 4. The molecule has 1 aromatic heterocycles. The van der Waals surface area contributed by atoms with Gasteiger partial charge in [0.05, 0.1) is 6.04 Å². The summed E-state index contributed by atoms with van der Waals surface area (Å²) in [6, 6.07) is 16.6. The molecular formula is C27H25N5O4. The van der Waals surface area contributed by atoms with E-state index >= 15 is 0 Å². The van der Waals surface area contributed by atoms with Gasteiger partial charge in [-0.1, -0.05) is 36.4 Å². The van der Waals surface area contributed by atoms with Crippen LogP contribution in [0.1, 0.15) is 41.1 Å². The Hall–Kier alpha value is -4.37. The fourth-order valence-electron chi connectivity index (χ4n) is 4.78. The molecule has 0 radical (unpaired) electrons. The van der Waals surface area contributed by atoms with E-state index in [-0.39, 0.29) is 12.3 Å². The zero-order chi connectivity index (χ0) is 25.1. The molecule has 1 fully saturated rings. The number of imide groups is 2. The quantitative estimate of drug-likeness (QED) is 0.480. The second-order valence-electron chi connectivity index (χ2n) is 8.91. The molecule has 3 heterocycles. The number of hydrogen-bond acceptors (Lipinski definition) is 6. The van der Waals surface area contributed by atoms with E-state index in [2.05, 4.69) is 20.9 Å². The van der Waals surface area contributed by atoms with Crippen LogP contribution in [0.3, 0.4) is 0 Å². The molecule has 3 aromatic rings.